The lowest BCUT2D eigenvalue weighted by atomic mass is 9.97. The number of benzene rings is 1. The lowest BCUT2D eigenvalue weighted by Gasteiger charge is -2.36. The molecule has 1 fully saturated rings. The number of sulfone groups is 1. The Morgan fingerprint density at radius 2 is 1.89 bits per heavy atom. The van der Waals surface area contributed by atoms with Crippen LogP contribution in [0.3, 0.4) is 0 Å². The maximum absolute atomic E-state index is 12.7. The highest BCUT2D eigenvalue weighted by atomic mass is 127. The maximum atomic E-state index is 12.7. The van der Waals surface area contributed by atoms with Crippen LogP contribution in [0.1, 0.15) is 25.7 Å². The second kappa shape index (κ2) is 4.76. The first-order valence-corrected chi connectivity index (χ1v) is 9.60. The molecule has 18 heavy (non-hydrogen) atoms. The molecule has 0 amide bonds. The largest absolute Gasteiger partial charge is 0.488 e. The van der Waals surface area contributed by atoms with Crippen LogP contribution in [-0.2, 0) is 9.84 Å². The summed E-state index contributed by atoms with van der Waals surface area (Å²) >= 11 is 4.29. The standard InChI is InChI=1S/C12H12I2O3S/c13-7-5-8(14)12-10(6-7)17-9-3-1-2-4-11(9)18(12,15)16/h5-6,9,11H,1-4H2. The Balaban J connectivity index is 2.21. The lowest BCUT2D eigenvalue weighted by Crippen LogP contribution is -2.44. The fourth-order valence-electron chi connectivity index (χ4n) is 2.77. The molecule has 1 heterocycles. The van der Waals surface area contributed by atoms with Gasteiger partial charge in [0.15, 0.2) is 9.84 Å². The summed E-state index contributed by atoms with van der Waals surface area (Å²) < 4.78 is 33.1. The van der Waals surface area contributed by atoms with E-state index in [-0.39, 0.29) is 11.4 Å². The third-order valence-electron chi connectivity index (χ3n) is 3.58. The zero-order valence-electron chi connectivity index (χ0n) is 9.53. The van der Waals surface area contributed by atoms with E-state index in [4.69, 9.17) is 4.74 Å². The van der Waals surface area contributed by atoms with Crippen LogP contribution in [0.15, 0.2) is 17.0 Å². The minimum absolute atomic E-state index is 0.148. The Kier molecular flexibility index (Phi) is 3.55. The second-order valence-electron chi connectivity index (χ2n) is 4.74. The molecule has 3 rings (SSSR count). The van der Waals surface area contributed by atoms with Crippen LogP contribution in [-0.4, -0.2) is 19.8 Å². The van der Waals surface area contributed by atoms with Gasteiger partial charge in [-0.25, -0.2) is 8.42 Å². The normalized spacial score (nSPS) is 29.0. The van der Waals surface area contributed by atoms with Crippen molar-refractivity contribution in [2.24, 2.45) is 0 Å². The molecule has 3 nitrogen and oxygen atoms in total. The first kappa shape index (κ1) is 13.4. The van der Waals surface area contributed by atoms with Crippen molar-refractivity contribution in [1.29, 1.82) is 0 Å². The molecule has 1 saturated carbocycles. The molecule has 0 saturated heterocycles. The highest BCUT2D eigenvalue weighted by Crippen LogP contribution is 2.43. The van der Waals surface area contributed by atoms with E-state index in [1.807, 2.05) is 12.1 Å². The zero-order valence-corrected chi connectivity index (χ0v) is 14.7. The molecule has 1 aliphatic heterocycles. The molecule has 2 atom stereocenters. The molecule has 2 unspecified atom stereocenters. The molecule has 1 aliphatic carbocycles. The fourth-order valence-corrected chi connectivity index (χ4v) is 7.57. The van der Waals surface area contributed by atoms with Crippen molar-refractivity contribution in [3.8, 4) is 5.75 Å². The van der Waals surface area contributed by atoms with Gasteiger partial charge in [0, 0.05) is 7.14 Å². The fraction of sp³-hybridized carbons (Fsp3) is 0.500. The molecule has 98 valence electrons. The molecule has 1 aromatic carbocycles. The van der Waals surface area contributed by atoms with E-state index < -0.39 is 9.84 Å². The highest BCUT2D eigenvalue weighted by molar-refractivity contribution is 14.1. The third-order valence-corrected chi connectivity index (χ3v) is 7.74. The van der Waals surface area contributed by atoms with Gasteiger partial charge in [-0.2, -0.15) is 0 Å². The van der Waals surface area contributed by atoms with Gasteiger partial charge in [0.25, 0.3) is 0 Å². The molecule has 0 bridgehead atoms. The van der Waals surface area contributed by atoms with Crippen molar-refractivity contribution in [3.63, 3.8) is 0 Å². The molecule has 0 N–H and O–H groups in total. The average molecular weight is 490 g/mol. The van der Waals surface area contributed by atoms with Crippen molar-refractivity contribution in [3.05, 3.63) is 19.3 Å². The predicted molar refractivity (Wildman–Crippen MR) is 85.7 cm³/mol. The molecule has 1 aromatic rings. The maximum Gasteiger partial charge on any atom is 0.189 e. The van der Waals surface area contributed by atoms with E-state index in [2.05, 4.69) is 45.2 Å². The number of hydrogen-bond acceptors (Lipinski definition) is 3. The van der Waals surface area contributed by atoms with Crippen LogP contribution in [0.25, 0.3) is 0 Å². The molecule has 0 radical (unpaired) electrons. The topological polar surface area (TPSA) is 43.4 Å². The predicted octanol–water partition coefficient (Wildman–Crippen LogP) is 3.37. The first-order valence-electron chi connectivity index (χ1n) is 5.90. The summed E-state index contributed by atoms with van der Waals surface area (Å²) in [5.74, 6) is 0.550. The zero-order chi connectivity index (χ0) is 12.9. The monoisotopic (exact) mass is 490 g/mol. The SMILES string of the molecule is O=S1(=O)c2c(I)cc(I)cc2OC2CCCCC21. The molecule has 0 aromatic heterocycles. The van der Waals surface area contributed by atoms with Gasteiger partial charge in [-0.05, 0) is 76.6 Å². The Morgan fingerprint density at radius 1 is 1.17 bits per heavy atom. The van der Waals surface area contributed by atoms with Gasteiger partial charge in [0.05, 0.1) is 0 Å². The Labute approximate surface area is 134 Å². The Hall–Kier alpha value is 0.430. The van der Waals surface area contributed by atoms with Crippen molar-refractivity contribution >= 4 is 55.0 Å². The summed E-state index contributed by atoms with van der Waals surface area (Å²) in [7, 11) is -3.23. The van der Waals surface area contributed by atoms with Crippen molar-refractivity contribution in [1.82, 2.24) is 0 Å². The lowest BCUT2D eigenvalue weighted by molar-refractivity contribution is 0.145. The summed E-state index contributed by atoms with van der Waals surface area (Å²) in [6.45, 7) is 0. The molecule has 6 heteroatoms. The van der Waals surface area contributed by atoms with Gasteiger partial charge in [-0.15, -0.1) is 0 Å². The summed E-state index contributed by atoms with van der Waals surface area (Å²) in [5, 5.41) is -0.340. The van der Waals surface area contributed by atoms with Gasteiger partial charge in [0.1, 0.15) is 22.0 Å². The Bertz CT molecular complexity index is 598. The summed E-state index contributed by atoms with van der Waals surface area (Å²) in [5.41, 5.74) is 0. The summed E-state index contributed by atoms with van der Waals surface area (Å²) in [6.07, 6.45) is 3.48. The van der Waals surface area contributed by atoms with Crippen LogP contribution in [0.4, 0.5) is 0 Å². The van der Waals surface area contributed by atoms with Crippen LogP contribution < -0.4 is 4.74 Å². The van der Waals surface area contributed by atoms with Gasteiger partial charge in [-0.1, -0.05) is 6.42 Å². The first-order chi connectivity index (χ1) is 8.50. The smallest absolute Gasteiger partial charge is 0.189 e. The molecular formula is C12H12I2O3S. The van der Waals surface area contributed by atoms with Crippen molar-refractivity contribution in [2.75, 3.05) is 0 Å². The molecule has 0 spiro atoms. The average Bonchev–Trinajstić information content (AvgIpc) is 2.27. The minimum Gasteiger partial charge on any atom is -0.488 e. The van der Waals surface area contributed by atoms with E-state index in [0.717, 1.165) is 32.8 Å². The number of halogens is 2. The summed E-state index contributed by atoms with van der Waals surface area (Å²) in [4.78, 5) is 0.409. The van der Waals surface area contributed by atoms with Gasteiger partial charge >= 0.3 is 0 Å². The van der Waals surface area contributed by atoms with Crippen LogP contribution in [0.5, 0.6) is 5.75 Å². The number of ether oxygens (including phenoxy) is 1. The van der Waals surface area contributed by atoms with Crippen LogP contribution in [0, 0.1) is 7.14 Å². The number of fused-ring (bicyclic) bond motifs is 2. The second-order valence-corrected chi connectivity index (χ2v) is 9.25. The van der Waals surface area contributed by atoms with Gasteiger partial charge < -0.3 is 4.74 Å². The Morgan fingerprint density at radius 3 is 2.67 bits per heavy atom. The van der Waals surface area contributed by atoms with E-state index in [9.17, 15) is 8.42 Å². The quantitative estimate of drug-likeness (QED) is 0.525. The third kappa shape index (κ3) is 2.07. The minimum atomic E-state index is -3.23. The summed E-state index contributed by atoms with van der Waals surface area (Å²) in [6, 6.07) is 3.73. The van der Waals surface area contributed by atoms with E-state index >= 15 is 0 Å². The van der Waals surface area contributed by atoms with E-state index in [0.29, 0.717) is 10.6 Å². The van der Waals surface area contributed by atoms with Crippen LogP contribution in [0.2, 0.25) is 0 Å². The van der Waals surface area contributed by atoms with Gasteiger partial charge in [-0.3, -0.25) is 0 Å². The highest BCUT2D eigenvalue weighted by Gasteiger charge is 2.44. The molecule has 2 aliphatic rings. The van der Waals surface area contributed by atoms with E-state index in [1.165, 1.54) is 0 Å². The van der Waals surface area contributed by atoms with Crippen molar-refractivity contribution < 1.29 is 13.2 Å². The number of hydrogen-bond donors (Lipinski definition) is 0. The van der Waals surface area contributed by atoms with Gasteiger partial charge in [0.2, 0.25) is 0 Å². The van der Waals surface area contributed by atoms with Crippen LogP contribution >= 0.6 is 45.2 Å². The molecular weight excluding hydrogens is 478 g/mol. The van der Waals surface area contributed by atoms with E-state index in [1.54, 1.807) is 0 Å². The van der Waals surface area contributed by atoms with Crippen molar-refractivity contribution in [2.45, 2.75) is 41.9 Å². The number of rotatable bonds is 0.